The molecule has 0 saturated carbocycles. The van der Waals surface area contributed by atoms with Gasteiger partial charge in [-0.25, -0.2) is 18.6 Å². The summed E-state index contributed by atoms with van der Waals surface area (Å²) in [5.41, 5.74) is 0.668. The number of anilines is 1. The fourth-order valence-electron chi connectivity index (χ4n) is 2.52. The molecule has 0 aliphatic carbocycles. The van der Waals surface area contributed by atoms with Crippen LogP contribution in [0.1, 0.15) is 17.3 Å². The van der Waals surface area contributed by atoms with Gasteiger partial charge in [-0.2, -0.15) is 0 Å². The number of amides is 1. The highest BCUT2D eigenvalue weighted by molar-refractivity contribution is 6.05. The van der Waals surface area contributed by atoms with Gasteiger partial charge in [0.1, 0.15) is 11.6 Å². The Morgan fingerprint density at radius 3 is 2.48 bits per heavy atom. The van der Waals surface area contributed by atoms with E-state index >= 15 is 0 Å². The molecular formula is C18H12F2N2O3. The number of nitrogens with one attached hydrogen (secondary N) is 1. The molecule has 0 bridgehead atoms. The lowest BCUT2D eigenvalue weighted by atomic mass is 10.0. The fourth-order valence-corrected chi connectivity index (χ4v) is 2.52. The number of halogens is 2. The lowest BCUT2D eigenvalue weighted by molar-refractivity contribution is -0.114. The van der Waals surface area contributed by atoms with E-state index in [9.17, 15) is 23.5 Å². The van der Waals surface area contributed by atoms with Crippen LogP contribution < -0.4 is 5.32 Å². The van der Waals surface area contributed by atoms with Crippen molar-refractivity contribution in [3.05, 3.63) is 59.7 Å². The molecule has 3 aromatic rings. The SMILES string of the molecule is CC(=O)Nc1ccc2c(C(=O)O)cc(-c3ccc(F)cc3F)nc2c1. The molecule has 1 amide bonds. The Kier molecular flexibility index (Phi) is 4.14. The van der Waals surface area contributed by atoms with Crippen molar-refractivity contribution in [3.63, 3.8) is 0 Å². The van der Waals surface area contributed by atoms with Crippen LogP contribution in [0.2, 0.25) is 0 Å². The van der Waals surface area contributed by atoms with Gasteiger partial charge in [-0.15, -0.1) is 0 Å². The molecule has 2 N–H and O–H groups in total. The number of carbonyl (C=O) groups is 2. The van der Waals surface area contributed by atoms with Gasteiger partial charge in [0.05, 0.1) is 16.8 Å². The van der Waals surface area contributed by atoms with Gasteiger partial charge < -0.3 is 10.4 Å². The number of hydrogen-bond donors (Lipinski definition) is 2. The molecule has 0 radical (unpaired) electrons. The molecule has 1 heterocycles. The highest BCUT2D eigenvalue weighted by Crippen LogP contribution is 2.28. The molecule has 0 fully saturated rings. The summed E-state index contributed by atoms with van der Waals surface area (Å²) < 4.78 is 27.1. The number of nitrogens with zero attached hydrogens (tertiary/aromatic N) is 1. The number of carboxylic acid groups (broad SMARTS) is 1. The van der Waals surface area contributed by atoms with Gasteiger partial charge in [-0.1, -0.05) is 0 Å². The molecule has 0 spiro atoms. The minimum absolute atomic E-state index is 0.0178. The molecule has 2 aromatic carbocycles. The van der Waals surface area contributed by atoms with Crippen LogP contribution >= 0.6 is 0 Å². The minimum Gasteiger partial charge on any atom is -0.478 e. The quantitative estimate of drug-likeness (QED) is 0.758. The summed E-state index contributed by atoms with van der Waals surface area (Å²) in [5, 5.41) is 12.3. The second kappa shape index (κ2) is 6.27. The molecule has 0 saturated heterocycles. The summed E-state index contributed by atoms with van der Waals surface area (Å²) in [7, 11) is 0. The minimum atomic E-state index is -1.21. The number of benzene rings is 2. The molecule has 3 rings (SSSR count). The maximum atomic E-state index is 14.0. The third-order valence-corrected chi connectivity index (χ3v) is 3.57. The van der Waals surface area contributed by atoms with Gasteiger partial charge >= 0.3 is 5.97 Å². The van der Waals surface area contributed by atoms with Crippen LogP contribution in [0.5, 0.6) is 0 Å². The van der Waals surface area contributed by atoms with E-state index in [1.165, 1.54) is 31.2 Å². The number of carboxylic acids is 1. The first-order valence-corrected chi connectivity index (χ1v) is 7.26. The van der Waals surface area contributed by atoms with Crippen LogP contribution in [0.15, 0.2) is 42.5 Å². The molecule has 0 aliphatic rings. The van der Waals surface area contributed by atoms with Crippen molar-refractivity contribution in [1.82, 2.24) is 4.98 Å². The second-order valence-corrected chi connectivity index (χ2v) is 5.40. The summed E-state index contributed by atoms with van der Waals surface area (Å²) in [6, 6.07) is 8.76. The molecule has 0 atom stereocenters. The first-order valence-electron chi connectivity index (χ1n) is 7.26. The Labute approximate surface area is 140 Å². The van der Waals surface area contributed by atoms with E-state index in [4.69, 9.17) is 0 Å². The van der Waals surface area contributed by atoms with Crippen LogP contribution in [0.4, 0.5) is 14.5 Å². The molecule has 5 nitrogen and oxygen atoms in total. The van der Waals surface area contributed by atoms with E-state index in [1.807, 2.05) is 0 Å². The summed E-state index contributed by atoms with van der Waals surface area (Å²) in [4.78, 5) is 27.0. The van der Waals surface area contributed by atoms with Crippen molar-refractivity contribution in [3.8, 4) is 11.3 Å². The van der Waals surface area contributed by atoms with Crippen LogP contribution in [-0.2, 0) is 4.79 Å². The van der Waals surface area contributed by atoms with E-state index < -0.39 is 17.6 Å². The summed E-state index contributed by atoms with van der Waals surface area (Å²) >= 11 is 0. The van der Waals surface area contributed by atoms with Gasteiger partial charge in [0.25, 0.3) is 0 Å². The molecule has 25 heavy (non-hydrogen) atoms. The predicted octanol–water partition coefficient (Wildman–Crippen LogP) is 3.84. The molecule has 1 aromatic heterocycles. The van der Waals surface area contributed by atoms with E-state index in [-0.39, 0.29) is 28.2 Å². The molecule has 7 heteroatoms. The van der Waals surface area contributed by atoms with Crippen LogP contribution in [0.3, 0.4) is 0 Å². The van der Waals surface area contributed by atoms with Crippen molar-refractivity contribution in [1.29, 1.82) is 0 Å². The number of hydrogen-bond acceptors (Lipinski definition) is 3. The maximum Gasteiger partial charge on any atom is 0.336 e. The largest absolute Gasteiger partial charge is 0.478 e. The van der Waals surface area contributed by atoms with Gasteiger partial charge in [-0.3, -0.25) is 4.79 Å². The second-order valence-electron chi connectivity index (χ2n) is 5.40. The van der Waals surface area contributed by atoms with Gasteiger partial charge in [0, 0.05) is 29.6 Å². The normalized spacial score (nSPS) is 10.7. The average Bonchev–Trinajstić information content (AvgIpc) is 2.52. The van der Waals surface area contributed by atoms with Crippen molar-refractivity contribution < 1.29 is 23.5 Å². The van der Waals surface area contributed by atoms with E-state index in [1.54, 1.807) is 6.07 Å². The Balaban J connectivity index is 2.25. The molecule has 0 aliphatic heterocycles. The summed E-state index contributed by atoms with van der Waals surface area (Å²) in [6.45, 7) is 1.34. The summed E-state index contributed by atoms with van der Waals surface area (Å²) in [6.07, 6.45) is 0. The van der Waals surface area contributed by atoms with Crippen LogP contribution in [0, 0.1) is 11.6 Å². The zero-order chi connectivity index (χ0) is 18.1. The van der Waals surface area contributed by atoms with Gasteiger partial charge in [-0.05, 0) is 36.4 Å². The number of aromatic nitrogens is 1. The van der Waals surface area contributed by atoms with Gasteiger partial charge in [0.2, 0.25) is 5.91 Å². The lowest BCUT2D eigenvalue weighted by Gasteiger charge is -2.10. The number of fused-ring (bicyclic) bond motifs is 1. The molecular weight excluding hydrogens is 330 g/mol. The smallest absolute Gasteiger partial charge is 0.336 e. The predicted molar refractivity (Wildman–Crippen MR) is 88.4 cm³/mol. The monoisotopic (exact) mass is 342 g/mol. The van der Waals surface area contributed by atoms with Crippen LogP contribution in [0.25, 0.3) is 22.2 Å². The summed E-state index contributed by atoms with van der Waals surface area (Å²) in [5.74, 6) is -3.09. The molecule has 0 unspecified atom stereocenters. The Morgan fingerprint density at radius 1 is 1.08 bits per heavy atom. The third-order valence-electron chi connectivity index (χ3n) is 3.57. The standard InChI is InChI=1S/C18H12F2N2O3/c1-9(23)21-11-3-5-12-14(18(24)25)8-17(22-16(12)7-11)13-4-2-10(19)6-15(13)20/h2-8H,1H3,(H,21,23)(H,24,25). The maximum absolute atomic E-state index is 14.0. The molecule has 126 valence electrons. The van der Waals surface area contributed by atoms with Crippen molar-refractivity contribution in [2.24, 2.45) is 0 Å². The Hall–Kier alpha value is -3.35. The number of rotatable bonds is 3. The first-order chi connectivity index (χ1) is 11.8. The van der Waals surface area contributed by atoms with Gasteiger partial charge in [0.15, 0.2) is 0 Å². The number of pyridine rings is 1. The topological polar surface area (TPSA) is 79.3 Å². The Bertz CT molecular complexity index is 1020. The lowest BCUT2D eigenvalue weighted by Crippen LogP contribution is -2.06. The number of carbonyl (C=O) groups excluding carboxylic acids is 1. The van der Waals surface area contributed by atoms with Crippen molar-refractivity contribution in [2.75, 3.05) is 5.32 Å². The van der Waals surface area contributed by atoms with Crippen molar-refractivity contribution in [2.45, 2.75) is 6.92 Å². The van der Waals surface area contributed by atoms with E-state index in [0.717, 1.165) is 6.07 Å². The zero-order valence-corrected chi connectivity index (χ0v) is 13.0. The van der Waals surface area contributed by atoms with Crippen molar-refractivity contribution >= 4 is 28.5 Å². The van der Waals surface area contributed by atoms with Crippen LogP contribution in [-0.4, -0.2) is 22.0 Å². The first kappa shape index (κ1) is 16.5. The average molecular weight is 342 g/mol. The fraction of sp³-hybridized carbons (Fsp3) is 0.0556. The highest BCUT2D eigenvalue weighted by Gasteiger charge is 2.16. The number of aromatic carboxylic acids is 1. The van der Waals surface area contributed by atoms with E-state index in [0.29, 0.717) is 17.1 Å². The van der Waals surface area contributed by atoms with E-state index in [2.05, 4.69) is 10.3 Å². The zero-order valence-electron chi connectivity index (χ0n) is 13.0. The highest BCUT2D eigenvalue weighted by atomic mass is 19.1. The third kappa shape index (κ3) is 3.30. The Morgan fingerprint density at radius 2 is 1.84 bits per heavy atom.